The number of allylic oxidation sites excluding steroid dienone is 4. The van der Waals surface area contributed by atoms with E-state index in [1.165, 1.54) is 16.7 Å². The summed E-state index contributed by atoms with van der Waals surface area (Å²) in [5, 5.41) is 3.57. The van der Waals surface area contributed by atoms with Crippen LogP contribution in [0.5, 0.6) is 0 Å². The average molecular weight is 429 g/mol. The quantitative estimate of drug-likeness (QED) is 0.314. The van der Waals surface area contributed by atoms with Gasteiger partial charge in [-0.05, 0) is 64.9 Å². The molecule has 0 spiro atoms. The molecule has 1 aliphatic rings. The van der Waals surface area contributed by atoms with Crippen LogP contribution in [0.15, 0.2) is 115 Å². The summed E-state index contributed by atoms with van der Waals surface area (Å²) in [4.78, 5) is 0. The summed E-state index contributed by atoms with van der Waals surface area (Å²) in [5.41, 5.74) is 16.7. The van der Waals surface area contributed by atoms with E-state index in [0.29, 0.717) is 5.92 Å². The highest BCUT2D eigenvalue weighted by Gasteiger charge is 2.20. The molecule has 4 aromatic rings. The third kappa shape index (κ3) is 4.33. The number of rotatable bonds is 5. The summed E-state index contributed by atoms with van der Waals surface area (Å²) in [6.07, 6.45) is 5.55. The summed E-state index contributed by atoms with van der Waals surface area (Å²) in [5.74, 6) is 0.433. The normalized spacial score (nSPS) is 15.5. The maximum absolute atomic E-state index is 6.56. The van der Waals surface area contributed by atoms with Crippen molar-refractivity contribution in [1.82, 2.24) is 0 Å². The number of anilines is 3. The van der Waals surface area contributed by atoms with Crippen LogP contribution in [0.25, 0.3) is 22.3 Å². The number of benzene rings is 4. The Morgan fingerprint density at radius 2 is 1.42 bits per heavy atom. The number of hydrogen-bond acceptors (Lipinski definition) is 2. The zero-order chi connectivity index (χ0) is 22.6. The molecular formula is C31H28N2. The smallest absolute Gasteiger partial charge is 0.0463 e. The number of nitrogen functional groups attached to an aromatic ring is 1. The first kappa shape index (κ1) is 20.8. The monoisotopic (exact) mass is 428 g/mol. The second-order valence-corrected chi connectivity index (χ2v) is 8.57. The van der Waals surface area contributed by atoms with Crippen LogP contribution in [-0.2, 0) is 0 Å². The second-order valence-electron chi connectivity index (χ2n) is 8.57. The minimum absolute atomic E-state index is 0.433. The zero-order valence-corrected chi connectivity index (χ0v) is 18.8. The number of nitrogens with two attached hydrogens (primary N) is 1. The van der Waals surface area contributed by atoms with Crippen LogP contribution in [0, 0.1) is 5.92 Å². The molecule has 0 fully saturated rings. The van der Waals surface area contributed by atoms with E-state index in [2.05, 4.69) is 103 Å². The maximum Gasteiger partial charge on any atom is 0.0463 e. The van der Waals surface area contributed by atoms with E-state index in [0.717, 1.165) is 40.2 Å². The Morgan fingerprint density at radius 3 is 2.21 bits per heavy atom. The standard InChI is InChI=1S/C31H28N2/c1-22-11-10-17-27(31(22)23-12-4-2-5-13-23)28-21-24(19-20-29(28)32)26-16-8-9-18-30(26)33-25-14-6-3-7-15-25/h2-10,12-22,33H,11,32H2,1H3. The van der Waals surface area contributed by atoms with E-state index in [-0.39, 0.29) is 0 Å². The molecule has 2 heteroatoms. The lowest BCUT2D eigenvalue weighted by atomic mass is 9.80. The number of para-hydroxylation sites is 2. The van der Waals surface area contributed by atoms with E-state index in [1.54, 1.807) is 0 Å². The Hall–Kier alpha value is -4.04. The van der Waals surface area contributed by atoms with Crippen molar-refractivity contribution >= 4 is 28.2 Å². The number of hydrogen-bond donors (Lipinski definition) is 2. The Kier molecular flexibility index (Phi) is 5.82. The van der Waals surface area contributed by atoms with Gasteiger partial charge in [0, 0.05) is 28.2 Å². The highest BCUT2D eigenvalue weighted by atomic mass is 14.9. The van der Waals surface area contributed by atoms with Crippen molar-refractivity contribution in [3.8, 4) is 11.1 Å². The first-order valence-corrected chi connectivity index (χ1v) is 11.5. The Balaban J connectivity index is 1.62. The van der Waals surface area contributed by atoms with E-state index in [9.17, 15) is 0 Å². The summed E-state index contributed by atoms with van der Waals surface area (Å²) in [6.45, 7) is 2.30. The molecule has 0 aromatic heterocycles. The molecule has 0 saturated carbocycles. The molecule has 0 bridgehead atoms. The Bertz CT molecular complexity index is 1320. The molecule has 5 rings (SSSR count). The molecule has 2 nitrogen and oxygen atoms in total. The van der Waals surface area contributed by atoms with Crippen LogP contribution in [0.4, 0.5) is 17.1 Å². The number of nitrogens with one attached hydrogen (secondary N) is 1. The van der Waals surface area contributed by atoms with Gasteiger partial charge in [-0.1, -0.05) is 91.9 Å². The van der Waals surface area contributed by atoms with Gasteiger partial charge in [0.05, 0.1) is 0 Å². The zero-order valence-electron chi connectivity index (χ0n) is 18.8. The van der Waals surface area contributed by atoms with E-state index < -0.39 is 0 Å². The highest BCUT2D eigenvalue weighted by molar-refractivity contribution is 6.01. The summed E-state index contributed by atoms with van der Waals surface area (Å²) in [6, 6.07) is 35.8. The molecule has 1 aliphatic carbocycles. The molecular weight excluding hydrogens is 400 g/mol. The summed E-state index contributed by atoms with van der Waals surface area (Å²) in [7, 11) is 0. The van der Waals surface area contributed by atoms with Crippen LogP contribution in [0.3, 0.4) is 0 Å². The summed E-state index contributed by atoms with van der Waals surface area (Å²) >= 11 is 0. The van der Waals surface area contributed by atoms with Gasteiger partial charge in [0.25, 0.3) is 0 Å². The van der Waals surface area contributed by atoms with Gasteiger partial charge in [-0.15, -0.1) is 0 Å². The molecule has 0 aliphatic heterocycles. The molecule has 0 saturated heterocycles. The lowest BCUT2D eigenvalue weighted by molar-refractivity contribution is 0.761. The highest BCUT2D eigenvalue weighted by Crippen LogP contribution is 2.41. The minimum Gasteiger partial charge on any atom is -0.398 e. The third-order valence-electron chi connectivity index (χ3n) is 6.28. The largest absolute Gasteiger partial charge is 0.398 e. The van der Waals surface area contributed by atoms with E-state index in [4.69, 9.17) is 5.73 Å². The molecule has 3 N–H and O–H groups in total. The molecule has 0 amide bonds. The van der Waals surface area contributed by atoms with Gasteiger partial charge >= 0.3 is 0 Å². The predicted octanol–water partition coefficient (Wildman–Crippen LogP) is 8.19. The molecule has 0 radical (unpaired) electrons. The lowest BCUT2D eigenvalue weighted by Gasteiger charge is -2.24. The lowest BCUT2D eigenvalue weighted by Crippen LogP contribution is -2.06. The second kappa shape index (κ2) is 9.22. The van der Waals surface area contributed by atoms with Gasteiger partial charge in [-0.25, -0.2) is 0 Å². The van der Waals surface area contributed by atoms with Crippen LogP contribution < -0.4 is 11.1 Å². The molecule has 33 heavy (non-hydrogen) atoms. The van der Waals surface area contributed by atoms with Gasteiger partial charge in [0.1, 0.15) is 0 Å². The molecule has 4 aromatic carbocycles. The molecule has 0 heterocycles. The average Bonchev–Trinajstić information content (AvgIpc) is 2.86. The van der Waals surface area contributed by atoms with Crippen molar-refractivity contribution in [1.29, 1.82) is 0 Å². The maximum atomic E-state index is 6.56. The SMILES string of the molecule is CC1CC=CC(c2cc(-c3ccccc3Nc3ccccc3)ccc2N)=C1c1ccccc1. The fourth-order valence-corrected chi connectivity index (χ4v) is 4.63. The van der Waals surface area contributed by atoms with Crippen molar-refractivity contribution in [2.45, 2.75) is 13.3 Å². The van der Waals surface area contributed by atoms with Crippen molar-refractivity contribution in [2.24, 2.45) is 5.92 Å². The van der Waals surface area contributed by atoms with Crippen molar-refractivity contribution in [3.05, 3.63) is 126 Å². The van der Waals surface area contributed by atoms with E-state index >= 15 is 0 Å². The fourth-order valence-electron chi connectivity index (χ4n) is 4.63. The molecule has 1 atom stereocenters. The summed E-state index contributed by atoms with van der Waals surface area (Å²) < 4.78 is 0. The van der Waals surface area contributed by atoms with Gasteiger partial charge in [-0.3, -0.25) is 0 Å². The van der Waals surface area contributed by atoms with Gasteiger partial charge in [0.2, 0.25) is 0 Å². The minimum atomic E-state index is 0.433. The van der Waals surface area contributed by atoms with Crippen molar-refractivity contribution in [3.63, 3.8) is 0 Å². The van der Waals surface area contributed by atoms with Gasteiger partial charge in [-0.2, -0.15) is 0 Å². The molecule has 162 valence electrons. The van der Waals surface area contributed by atoms with Crippen LogP contribution in [-0.4, -0.2) is 0 Å². The Labute approximate surface area is 196 Å². The van der Waals surface area contributed by atoms with Crippen LogP contribution in [0.1, 0.15) is 24.5 Å². The van der Waals surface area contributed by atoms with Gasteiger partial charge in [0.15, 0.2) is 0 Å². The first-order valence-electron chi connectivity index (χ1n) is 11.5. The van der Waals surface area contributed by atoms with Crippen LogP contribution in [0.2, 0.25) is 0 Å². The van der Waals surface area contributed by atoms with Crippen molar-refractivity contribution < 1.29 is 0 Å². The fraction of sp³-hybridized carbons (Fsp3) is 0.0968. The van der Waals surface area contributed by atoms with Gasteiger partial charge < -0.3 is 11.1 Å². The Morgan fingerprint density at radius 1 is 0.727 bits per heavy atom. The van der Waals surface area contributed by atoms with Crippen molar-refractivity contribution in [2.75, 3.05) is 11.1 Å². The molecule has 1 unspecified atom stereocenters. The van der Waals surface area contributed by atoms with Crippen LogP contribution >= 0.6 is 0 Å². The van der Waals surface area contributed by atoms with E-state index in [1.807, 2.05) is 24.3 Å². The topological polar surface area (TPSA) is 38.0 Å². The first-order chi connectivity index (χ1) is 16.2. The predicted molar refractivity (Wildman–Crippen MR) is 142 cm³/mol. The third-order valence-corrected chi connectivity index (χ3v) is 6.28.